The predicted molar refractivity (Wildman–Crippen MR) is 181 cm³/mol. The number of hydrogen-bond donors (Lipinski definition) is 2. The molecule has 2 fully saturated rings. The standard InChI is InChI=1S/C37H42N6O4/c38-23-26-6-10-28(11-7-26)34(44)22-32(36(45)41-33-14-12-29(13-15-33)35-39-24-40-42-35)20-25-4-8-27(9-5-25)30-2-1-3-31(21-30)37(46)43-16-18-47-19-17-43/h1-5,8-9,12-15,21,26,28,32H,6-7,10-11,16-20,22-24,38H2,(H,41,45)/t26?,28?,32-/m1/s1. The number of benzene rings is 3. The summed E-state index contributed by atoms with van der Waals surface area (Å²) in [5, 5.41) is 11.0. The van der Waals surface area contributed by atoms with Crippen LogP contribution in [0.1, 0.15) is 53.6 Å². The second-order valence-electron chi connectivity index (χ2n) is 12.6. The van der Waals surface area contributed by atoms with Crippen molar-refractivity contribution in [2.24, 2.45) is 38.7 Å². The van der Waals surface area contributed by atoms with Crippen LogP contribution in [0.15, 0.2) is 88.0 Å². The fourth-order valence-electron chi connectivity index (χ4n) is 6.61. The molecule has 1 saturated carbocycles. The van der Waals surface area contributed by atoms with Crippen molar-refractivity contribution < 1.29 is 19.1 Å². The molecule has 47 heavy (non-hydrogen) atoms. The van der Waals surface area contributed by atoms with Gasteiger partial charge in [-0.3, -0.25) is 14.4 Å². The molecule has 2 amide bonds. The second-order valence-corrected chi connectivity index (χ2v) is 12.6. The highest BCUT2D eigenvalue weighted by atomic mass is 16.5. The lowest BCUT2D eigenvalue weighted by Gasteiger charge is -2.27. The molecule has 6 rings (SSSR count). The Morgan fingerprint density at radius 2 is 1.62 bits per heavy atom. The Morgan fingerprint density at radius 3 is 2.30 bits per heavy atom. The Bertz CT molecular complexity index is 1620. The van der Waals surface area contributed by atoms with E-state index in [1.54, 1.807) is 0 Å². The molecule has 244 valence electrons. The van der Waals surface area contributed by atoms with Crippen molar-refractivity contribution in [3.8, 4) is 11.1 Å². The quantitative estimate of drug-likeness (QED) is 0.286. The van der Waals surface area contributed by atoms with E-state index in [0.29, 0.717) is 68.9 Å². The SMILES string of the molecule is NCC1CCC(C(=O)C[C@@H](Cc2ccc(-c3cccc(C(=O)N4CCOCC4)c3)cc2)C(=O)Nc2ccc(C3=NCN=N3)cc2)CC1. The lowest BCUT2D eigenvalue weighted by Crippen LogP contribution is -2.40. The van der Waals surface area contributed by atoms with Crippen LogP contribution in [0.5, 0.6) is 0 Å². The van der Waals surface area contributed by atoms with Crippen LogP contribution in [0, 0.1) is 17.8 Å². The zero-order chi connectivity index (χ0) is 32.6. The van der Waals surface area contributed by atoms with Gasteiger partial charge >= 0.3 is 0 Å². The number of aliphatic imine (C=N–C) groups is 1. The molecule has 10 nitrogen and oxygen atoms in total. The summed E-state index contributed by atoms with van der Waals surface area (Å²) in [6.07, 6.45) is 4.20. The van der Waals surface area contributed by atoms with E-state index in [9.17, 15) is 14.4 Å². The maximum Gasteiger partial charge on any atom is 0.254 e. The minimum Gasteiger partial charge on any atom is -0.378 e. The first-order valence-corrected chi connectivity index (χ1v) is 16.6. The minimum atomic E-state index is -0.525. The largest absolute Gasteiger partial charge is 0.378 e. The highest BCUT2D eigenvalue weighted by Gasteiger charge is 2.30. The average Bonchev–Trinajstić information content (AvgIpc) is 3.67. The summed E-state index contributed by atoms with van der Waals surface area (Å²) in [5.41, 5.74) is 10.9. The van der Waals surface area contributed by atoms with Gasteiger partial charge in [-0.25, -0.2) is 4.99 Å². The molecule has 3 aromatic rings. The third-order valence-corrected chi connectivity index (χ3v) is 9.49. The van der Waals surface area contributed by atoms with Crippen molar-refractivity contribution in [2.45, 2.75) is 38.5 Å². The van der Waals surface area contributed by atoms with E-state index >= 15 is 0 Å². The first kappa shape index (κ1) is 32.4. The molecule has 0 radical (unpaired) electrons. The van der Waals surface area contributed by atoms with Crippen LogP contribution in [0.4, 0.5) is 5.69 Å². The van der Waals surface area contributed by atoms with E-state index in [-0.39, 0.29) is 29.9 Å². The number of ether oxygens (including phenoxy) is 1. The van der Waals surface area contributed by atoms with Crippen molar-refractivity contribution >= 4 is 29.1 Å². The van der Waals surface area contributed by atoms with Gasteiger partial charge in [0, 0.05) is 48.2 Å². The molecule has 1 aliphatic carbocycles. The van der Waals surface area contributed by atoms with E-state index in [0.717, 1.165) is 47.9 Å². The lowest BCUT2D eigenvalue weighted by molar-refractivity contribution is -0.129. The maximum atomic E-state index is 13.7. The normalized spacial score (nSPS) is 20.0. The van der Waals surface area contributed by atoms with Gasteiger partial charge in [0.25, 0.3) is 5.91 Å². The molecule has 1 saturated heterocycles. The fraction of sp³-hybridized carbons (Fsp3) is 0.405. The number of rotatable bonds is 11. The Kier molecular flexibility index (Phi) is 10.6. The highest BCUT2D eigenvalue weighted by Crippen LogP contribution is 2.31. The molecule has 2 heterocycles. The van der Waals surface area contributed by atoms with Crippen LogP contribution in [-0.2, 0) is 20.7 Å². The van der Waals surface area contributed by atoms with Crippen LogP contribution in [-0.4, -0.2) is 67.8 Å². The number of Topliss-reactive ketones (excluding diaryl/α,β-unsaturated/α-hetero) is 1. The summed E-state index contributed by atoms with van der Waals surface area (Å²) in [6.45, 7) is 3.30. The van der Waals surface area contributed by atoms with Crippen LogP contribution < -0.4 is 11.1 Å². The van der Waals surface area contributed by atoms with Crippen molar-refractivity contribution in [3.63, 3.8) is 0 Å². The van der Waals surface area contributed by atoms with Crippen molar-refractivity contribution in [2.75, 3.05) is 44.8 Å². The molecule has 0 unspecified atom stereocenters. The van der Waals surface area contributed by atoms with Crippen molar-refractivity contribution in [3.05, 3.63) is 89.5 Å². The first-order valence-electron chi connectivity index (χ1n) is 16.6. The van der Waals surface area contributed by atoms with Crippen LogP contribution >= 0.6 is 0 Å². The van der Waals surface area contributed by atoms with E-state index in [1.807, 2.05) is 77.7 Å². The Balaban J connectivity index is 1.15. The number of nitrogens with two attached hydrogens (primary N) is 1. The Hall–Kier alpha value is -4.54. The van der Waals surface area contributed by atoms with Gasteiger partial charge in [0.05, 0.1) is 13.2 Å². The number of amidine groups is 1. The first-order chi connectivity index (χ1) is 23.0. The smallest absolute Gasteiger partial charge is 0.254 e. The summed E-state index contributed by atoms with van der Waals surface area (Å²) in [6, 6.07) is 23.1. The number of morpholine rings is 1. The molecule has 2 aliphatic heterocycles. The molecule has 1 atom stereocenters. The second kappa shape index (κ2) is 15.4. The van der Waals surface area contributed by atoms with Gasteiger partial charge in [0.2, 0.25) is 5.91 Å². The number of nitrogens with zero attached hydrogens (tertiary/aromatic N) is 4. The third kappa shape index (κ3) is 8.25. The number of carbonyl (C=O) groups is 3. The molecule has 0 aromatic heterocycles. The molecule has 0 bridgehead atoms. The molecule has 3 aromatic carbocycles. The monoisotopic (exact) mass is 634 g/mol. The summed E-state index contributed by atoms with van der Waals surface area (Å²) < 4.78 is 5.39. The van der Waals surface area contributed by atoms with E-state index in [2.05, 4.69) is 20.5 Å². The molecular formula is C37H42N6O4. The van der Waals surface area contributed by atoms with Gasteiger partial charge < -0.3 is 20.7 Å². The van der Waals surface area contributed by atoms with Crippen LogP contribution in [0.3, 0.4) is 0 Å². The lowest BCUT2D eigenvalue weighted by atomic mass is 9.77. The number of amides is 2. The predicted octanol–water partition coefficient (Wildman–Crippen LogP) is 5.52. The van der Waals surface area contributed by atoms with Gasteiger partial charge in [0.15, 0.2) is 12.5 Å². The topological polar surface area (TPSA) is 139 Å². The van der Waals surface area contributed by atoms with E-state index in [4.69, 9.17) is 10.5 Å². The third-order valence-electron chi connectivity index (χ3n) is 9.49. The van der Waals surface area contributed by atoms with Gasteiger partial charge in [0.1, 0.15) is 5.78 Å². The number of ketones is 1. The van der Waals surface area contributed by atoms with Gasteiger partial charge in [-0.05, 0) is 97.7 Å². The molecule has 0 spiro atoms. The number of azo groups is 1. The zero-order valence-corrected chi connectivity index (χ0v) is 26.6. The zero-order valence-electron chi connectivity index (χ0n) is 26.6. The van der Waals surface area contributed by atoms with Gasteiger partial charge in [-0.1, -0.05) is 36.4 Å². The summed E-state index contributed by atoms with van der Waals surface area (Å²) in [5.74, 6) is 0.488. The van der Waals surface area contributed by atoms with E-state index in [1.165, 1.54) is 0 Å². The van der Waals surface area contributed by atoms with Crippen LogP contribution in [0.25, 0.3) is 11.1 Å². The molecule has 3 N–H and O–H groups in total. The summed E-state index contributed by atoms with van der Waals surface area (Å²) >= 11 is 0. The van der Waals surface area contributed by atoms with Crippen molar-refractivity contribution in [1.82, 2.24) is 4.90 Å². The number of anilines is 1. The maximum absolute atomic E-state index is 13.7. The fourth-order valence-corrected chi connectivity index (χ4v) is 6.61. The summed E-state index contributed by atoms with van der Waals surface area (Å²) in [4.78, 5) is 46.3. The Labute approximate surface area is 275 Å². The minimum absolute atomic E-state index is 0.00856. The van der Waals surface area contributed by atoms with Gasteiger partial charge in [-0.2, -0.15) is 5.11 Å². The number of carbonyl (C=O) groups excluding carboxylic acids is 3. The average molecular weight is 635 g/mol. The number of nitrogens with one attached hydrogen (secondary N) is 1. The highest BCUT2D eigenvalue weighted by molar-refractivity contribution is 6.01. The summed E-state index contributed by atoms with van der Waals surface area (Å²) in [7, 11) is 0. The van der Waals surface area contributed by atoms with Gasteiger partial charge in [-0.15, -0.1) is 5.11 Å². The molecular weight excluding hydrogens is 592 g/mol. The molecule has 10 heteroatoms. The van der Waals surface area contributed by atoms with Crippen molar-refractivity contribution in [1.29, 1.82) is 0 Å². The Morgan fingerprint density at radius 1 is 0.894 bits per heavy atom. The van der Waals surface area contributed by atoms with E-state index < -0.39 is 5.92 Å². The number of hydrogen-bond acceptors (Lipinski definition) is 8. The molecule has 3 aliphatic rings. The van der Waals surface area contributed by atoms with Crippen LogP contribution in [0.2, 0.25) is 0 Å².